The summed E-state index contributed by atoms with van der Waals surface area (Å²) in [6.45, 7) is 10.1. The molecular formula is C17H26N4OS. The number of nitrogens with zero attached hydrogens (tertiary/aromatic N) is 2. The second kappa shape index (κ2) is 9.27. The molecule has 0 spiro atoms. The molecule has 0 radical (unpaired) electrons. The highest BCUT2D eigenvalue weighted by Crippen LogP contribution is 2.35. The van der Waals surface area contributed by atoms with Crippen molar-refractivity contribution >= 4 is 22.3 Å². The van der Waals surface area contributed by atoms with Crippen molar-refractivity contribution < 1.29 is 5.11 Å². The van der Waals surface area contributed by atoms with E-state index in [1.807, 2.05) is 39.3 Å². The van der Waals surface area contributed by atoms with Crippen LogP contribution in [0.1, 0.15) is 49.4 Å². The summed E-state index contributed by atoms with van der Waals surface area (Å²) in [5.74, 6) is 0.275. The van der Waals surface area contributed by atoms with E-state index in [-0.39, 0.29) is 5.96 Å². The molecule has 0 fully saturated rings. The van der Waals surface area contributed by atoms with Gasteiger partial charge in [0.05, 0.1) is 0 Å². The minimum Gasteiger partial charge on any atom is -0.370 e. The molecule has 126 valence electrons. The molecule has 23 heavy (non-hydrogen) atoms. The van der Waals surface area contributed by atoms with Crippen LogP contribution in [0.15, 0.2) is 28.7 Å². The summed E-state index contributed by atoms with van der Waals surface area (Å²) in [6.07, 6.45) is 2.13. The quantitative estimate of drug-likeness (QED) is 0.741. The van der Waals surface area contributed by atoms with Crippen LogP contribution < -0.4 is 11.1 Å². The second-order valence-electron chi connectivity index (χ2n) is 4.85. The summed E-state index contributed by atoms with van der Waals surface area (Å²) in [5.41, 5.74) is 9.72. The summed E-state index contributed by atoms with van der Waals surface area (Å²) in [7, 11) is 0. The molecule has 0 aliphatic carbocycles. The number of hydrogen-bond donors (Lipinski definition) is 3. The lowest BCUT2D eigenvalue weighted by Crippen LogP contribution is -2.27. The third kappa shape index (κ3) is 5.33. The van der Waals surface area contributed by atoms with Gasteiger partial charge < -0.3 is 16.2 Å². The Labute approximate surface area is 142 Å². The third-order valence-electron chi connectivity index (χ3n) is 3.12. The highest BCUT2D eigenvalue weighted by Gasteiger charge is 2.21. The Morgan fingerprint density at radius 3 is 2.57 bits per heavy atom. The van der Waals surface area contributed by atoms with E-state index in [2.05, 4.69) is 34.3 Å². The van der Waals surface area contributed by atoms with Crippen LogP contribution in [0.2, 0.25) is 0 Å². The average Bonchev–Trinajstić information content (AvgIpc) is 2.92. The monoisotopic (exact) mass is 334 g/mol. The lowest BCUT2D eigenvalue weighted by Gasteiger charge is -2.16. The summed E-state index contributed by atoms with van der Waals surface area (Å²) in [4.78, 5) is 8.00. The molecule has 1 atom stereocenters. The summed E-state index contributed by atoms with van der Waals surface area (Å²) in [5, 5.41) is 15.3. The Balaban J connectivity index is 0.000000215. The van der Waals surface area contributed by atoms with E-state index in [0.29, 0.717) is 0 Å². The molecule has 0 saturated carbocycles. The van der Waals surface area contributed by atoms with Gasteiger partial charge in [-0.3, -0.25) is 4.98 Å². The van der Waals surface area contributed by atoms with Gasteiger partial charge in [0, 0.05) is 17.5 Å². The fraction of sp³-hybridized carbons (Fsp3) is 0.412. The number of aliphatic hydroxyl groups excluding tert-OH is 1. The van der Waals surface area contributed by atoms with Gasteiger partial charge >= 0.3 is 0 Å². The predicted octanol–water partition coefficient (Wildman–Crippen LogP) is 3.77. The van der Waals surface area contributed by atoms with E-state index in [1.165, 1.54) is 22.6 Å². The number of guanidine groups is 1. The summed E-state index contributed by atoms with van der Waals surface area (Å²) in [6, 6.07) is 4.15. The zero-order valence-electron chi connectivity index (χ0n) is 14.4. The van der Waals surface area contributed by atoms with Crippen molar-refractivity contribution in [3.05, 3.63) is 46.1 Å². The molecule has 2 aromatic heterocycles. The minimum absolute atomic E-state index is 0.275. The van der Waals surface area contributed by atoms with Crippen LogP contribution >= 0.6 is 11.3 Å². The number of aliphatic imine (C=N–C) groups is 1. The molecule has 0 aromatic carbocycles. The molecule has 1 unspecified atom stereocenters. The fourth-order valence-electron chi connectivity index (χ4n) is 1.92. The number of fused-ring (bicyclic) bond motifs is 1. The van der Waals surface area contributed by atoms with Crippen molar-refractivity contribution in [1.82, 2.24) is 4.98 Å². The number of pyridine rings is 1. The Hall–Kier alpha value is -1.92. The van der Waals surface area contributed by atoms with E-state index in [1.54, 1.807) is 0 Å². The molecule has 0 bridgehead atoms. The predicted molar refractivity (Wildman–Crippen MR) is 99.0 cm³/mol. The Morgan fingerprint density at radius 2 is 2.00 bits per heavy atom. The van der Waals surface area contributed by atoms with Gasteiger partial charge in [-0.25, -0.2) is 4.99 Å². The maximum Gasteiger partial charge on any atom is 0.196 e. The number of aromatic nitrogens is 1. The van der Waals surface area contributed by atoms with Crippen LogP contribution in [0.4, 0.5) is 5.00 Å². The van der Waals surface area contributed by atoms with E-state index >= 15 is 0 Å². The lowest BCUT2D eigenvalue weighted by atomic mass is 10.1. The molecule has 0 amide bonds. The number of nitrogens with one attached hydrogen (secondary N) is 1. The van der Waals surface area contributed by atoms with Gasteiger partial charge in [0.25, 0.3) is 0 Å². The van der Waals surface area contributed by atoms with Crippen molar-refractivity contribution in [2.75, 3.05) is 5.32 Å². The number of thiophene rings is 1. The van der Waals surface area contributed by atoms with E-state index in [9.17, 15) is 5.11 Å². The van der Waals surface area contributed by atoms with E-state index < -0.39 is 6.23 Å². The molecule has 6 heteroatoms. The summed E-state index contributed by atoms with van der Waals surface area (Å²) < 4.78 is 0. The molecule has 2 aromatic rings. The van der Waals surface area contributed by atoms with Gasteiger partial charge in [-0.2, -0.15) is 0 Å². The Morgan fingerprint density at radius 1 is 1.30 bits per heavy atom. The third-order valence-corrected chi connectivity index (χ3v) is 4.15. The number of hydrogen-bond acceptors (Lipinski definition) is 6. The van der Waals surface area contributed by atoms with Crippen molar-refractivity contribution in [2.24, 2.45) is 10.7 Å². The van der Waals surface area contributed by atoms with E-state index in [0.717, 1.165) is 22.5 Å². The second-order valence-corrected chi connectivity index (χ2v) is 5.73. The van der Waals surface area contributed by atoms with Crippen molar-refractivity contribution in [3.63, 3.8) is 0 Å². The first-order valence-corrected chi connectivity index (χ1v) is 8.67. The highest BCUT2D eigenvalue weighted by atomic mass is 32.1. The average molecular weight is 334 g/mol. The Bertz CT molecular complexity index is 635. The van der Waals surface area contributed by atoms with Crippen LogP contribution in [-0.4, -0.2) is 16.1 Å². The van der Waals surface area contributed by atoms with Gasteiger partial charge in [0.15, 0.2) is 12.2 Å². The highest BCUT2D eigenvalue weighted by molar-refractivity contribution is 7.14. The first kappa shape index (κ1) is 19.1. The Kier molecular flexibility index (Phi) is 7.71. The number of aliphatic hydroxyl groups is 1. The lowest BCUT2D eigenvalue weighted by molar-refractivity contribution is 0.188. The zero-order chi connectivity index (χ0) is 17.4. The largest absolute Gasteiger partial charge is 0.370 e. The van der Waals surface area contributed by atoms with Crippen LogP contribution in [0.25, 0.3) is 0 Å². The number of rotatable bonds is 1. The number of nitrogens with two attached hydrogens (primary N) is 1. The molecule has 0 saturated heterocycles. The zero-order valence-corrected chi connectivity index (χ0v) is 15.2. The first-order valence-electron chi connectivity index (χ1n) is 7.79. The molecule has 1 aliphatic rings. The fourth-order valence-corrected chi connectivity index (χ4v) is 2.90. The van der Waals surface area contributed by atoms with Gasteiger partial charge in [0.2, 0.25) is 0 Å². The topological polar surface area (TPSA) is 83.5 Å². The van der Waals surface area contributed by atoms with Crippen LogP contribution in [0.3, 0.4) is 0 Å². The van der Waals surface area contributed by atoms with Crippen molar-refractivity contribution in [1.29, 1.82) is 0 Å². The maximum atomic E-state index is 9.50. The van der Waals surface area contributed by atoms with E-state index in [4.69, 9.17) is 5.73 Å². The molecule has 3 rings (SSSR count). The van der Waals surface area contributed by atoms with Gasteiger partial charge in [0.1, 0.15) is 5.00 Å². The van der Waals surface area contributed by atoms with Crippen molar-refractivity contribution in [3.8, 4) is 0 Å². The van der Waals surface area contributed by atoms with Crippen LogP contribution in [0.5, 0.6) is 0 Å². The van der Waals surface area contributed by atoms with Gasteiger partial charge in [-0.05, 0) is 42.8 Å². The van der Waals surface area contributed by atoms with Crippen molar-refractivity contribution in [2.45, 2.75) is 47.3 Å². The molecule has 4 N–H and O–H groups in total. The number of aryl methyl sites for hydroxylation is 3. The van der Waals surface area contributed by atoms with Gasteiger partial charge in [-0.15, -0.1) is 11.3 Å². The number of anilines is 1. The molecular weight excluding hydrogens is 308 g/mol. The maximum absolute atomic E-state index is 9.50. The molecule has 1 aliphatic heterocycles. The first-order chi connectivity index (χ1) is 11.0. The standard InChI is InChI=1S/C8H11N.C7H9N3OS.C2H6/c1-3-8-5-4-7(2)6-9-8;1-3-2-12-6-4(3)5(11)9-7(8)10-6;1-2/h4-6H,3H2,1-2H3;2,5,11H,1H3,(H3,8,9,10);1-2H3. The summed E-state index contributed by atoms with van der Waals surface area (Å²) >= 11 is 1.53. The smallest absolute Gasteiger partial charge is 0.196 e. The molecule has 3 heterocycles. The van der Waals surface area contributed by atoms with Gasteiger partial charge in [-0.1, -0.05) is 26.8 Å². The van der Waals surface area contributed by atoms with Crippen LogP contribution in [0, 0.1) is 13.8 Å². The van der Waals surface area contributed by atoms with Crippen LogP contribution in [-0.2, 0) is 6.42 Å². The SMILES string of the molecule is CC.CCc1ccc(C)cn1.Cc1csc2c1C(O)N=C(N)N2. The molecule has 5 nitrogen and oxygen atoms in total. The normalized spacial score (nSPS) is 15.0. The minimum atomic E-state index is -0.799.